The minimum Gasteiger partial charge on any atom is -0.476 e. The summed E-state index contributed by atoms with van der Waals surface area (Å²) in [6.07, 6.45) is 17.5. The molecule has 51 heavy (non-hydrogen) atoms. The molecule has 1 saturated heterocycles. The predicted octanol–water partition coefficient (Wildman–Crippen LogP) is 11.7. The van der Waals surface area contributed by atoms with Gasteiger partial charge in [-0.3, -0.25) is 4.79 Å². The lowest BCUT2D eigenvalue weighted by Gasteiger charge is -2.23. The van der Waals surface area contributed by atoms with Crippen molar-refractivity contribution in [3.63, 3.8) is 0 Å². The first-order valence-corrected chi connectivity index (χ1v) is 20.6. The van der Waals surface area contributed by atoms with Crippen LogP contribution in [-0.4, -0.2) is 53.2 Å². The van der Waals surface area contributed by atoms with Crippen molar-refractivity contribution in [2.45, 2.75) is 152 Å². The van der Waals surface area contributed by atoms with E-state index in [-0.39, 0.29) is 11.8 Å². The van der Waals surface area contributed by atoms with E-state index >= 15 is 0 Å². The van der Waals surface area contributed by atoms with Crippen molar-refractivity contribution in [3.8, 4) is 5.88 Å². The largest absolute Gasteiger partial charge is 0.476 e. The Morgan fingerprint density at radius 3 is 2.20 bits per heavy atom. The van der Waals surface area contributed by atoms with Crippen molar-refractivity contribution in [1.82, 2.24) is 10.1 Å². The number of amides is 1. The third kappa shape index (κ3) is 20.7. The van der Waals surface area contributed by atoms with Gasteiger partial charge in [0.05, 0.1) is 12.7 Å². The van der Waals surface area contributed by atoms with Crippen LogP contribution in [0.3, 0.4) is 0 Å². The molecule has 0 bridgehead atoms. The number of likely N-dealkylation sites (tertiary alicyclic amines) is 1. The number of aldehydes is 1. The third-order valence-corrected chi connectivity index (χ3v) is 9.58. The Morgan fingerprint density at radius 1 is 1.04 bits per heavy atom. The van der Waals surface area contributed by atoms with Crippen molar-refractivity contribution in [2.75, 3.05) is 19.7 Å². The van der Waals surface area contributed by atoms with Gasteiger partial charge in [0.2, 0.25) is 5.91 Å². The van der Waals surface area contributed by atoms with Crippen molar-refractivity contribution in [3.05, 3.63) is 64.8 Å². The molecule has 0 aliphatic carbocycles. The fraction of sp³-hybridized carbons (Fsp3) is 0.651. The minimum atomic E-state index is -0.419. The molecule has 3 rings (SSSR count). The van der Waals surface area contributed by atoms with Crippen LogP contribution in [0, 0.1) is 11.8 Å². The quantitative estimate of drug-likeness (QED) is 0.114. The summed E-state index contributed by atoms with van der Waals surface area (Å²) >= 11 is 1.80. The van der Waals surface area contributed by atoms with Gasteiger partial charge in [-0.05, 0) is 73.1 Å². The zero-order chi connectivity index (χ0) is 38.4. The second kappa shape index (κ2) is 30.8. The molecule has 1 aromatic heterocycles. The van der Waals surface area contributed by atoms with Gasteiger partial charge in [-0.2, -0.15) is 0 Å². The van der Waals surface area contributed by atoms with E-state index in [0.29, 0.717) is 37.8 Å². The molecule has 1 aliphatic heterocycles. The van der Waals surface area contributed by atoms with Gasteiger partial charge in [-0.25, -0.2) is 0 Å². The molecule has 7 nitrogen and oxygen atoms in total. The van der Waals surface area contributed by atoms with Crippen LogP contribution in [-0.2, 0) is 16.0 Å². The SMILES string of the molecule is C/C=C(/S/C=C/CC)c1ccc(CC(C)CC)cc1.CC.CC=O.CCCCCCCCCOc1cc(C(C(=O)N2CCC(O)C2)C(C)C)on1. The molecule has 0 spiro atoms. The second-order valence-corrected chi connectivity index (χ2v) is 14.1. The number of hydrogen-bond donors (Lipinski definition) is 1. The van der Waals surface area contributed by atoms with Crippen LogP contribution < -0.4 is 4.74 Å². The molecule has 2 heterocycles. The number of hydrogen-bond acceptors (Lipinski definition) is 7. The van der Waals surface area contributed by atoms with E-state index in [2.05, 4.69) is 81.6 Å². The number of aliphatic hydroxyl groups is 1. The lowest BCUT2D eigenvalue weighted by atomic mass is 9.92. The van der Waals surface area contributed by atoms with E-state index in [4.69, 9.17) is 14.1 Å². The fourth-order valence-corrected chi connectivity index (χ4v) is 6.31. The number of aliphatic hydroxyl groups excluding tert-OH is 1. The summed E-state index contributed by atoms with van der Waals surface area (Å²) in [4.78, 5) is 24.7. The number of allylic oxidation sites excluding steroid dienone is 2. The van der Waals surface area contributed by atoms with Gasteiger partial charge in [0.1, 0.15) is 12.2 Å². The maximum absolute atomic E-state index is 12.8. The van der Waals surface area contributed by atoms with E-state index in [0.717, 1.165) is 25.0 Å². The van der Waals surface area contributed by atoms with Crippen molar-refractivity contribution >= 4 is 28.9 Å². The summed E-state index contributed by atoms with van der Waals surface area (Å²) in [5.74, 6) is 1.46. The lowest BCUT2D eigenvalue weighted by molar-refractivity contribution is -0.133. The Hall–Kier alpha value is -2.84. The molecule has 3 atom stereocenters. The first-order chi connectivity index (χ1) is 24.6. The van der Waals surface area contributed by atoms with Gasteiger partial charge in [0, 0.05) is 24.1 Å². The van der Waals surface area contributed by atoms with Crippen molar-refractivity contribution in [1.29, 1.82) is 0 Å². The summed E-state index contributed by atoms with van der Waals surface area (Å²) < 4.78 is 11.1. The first-order valence-electron chi connectivity index (χ1n) is 19.7. The predicted molar refractivity (Wildman–Crippen MR) is 218 cm³/mol. The summed E-state index contributed by atoms with van der Waals surface area (Å²) in [5, 5.41) is 15.9. The molecule has 1 aromatic carbocycles. The van der Waals surface area contributed by atoms with Crippen LogP contribution in [0.4, 0.5) is 0 Å². The maximum atomic E-state index is 12.8. The van der Waals surface area contributed by atoms with Gasteiger partial charge >= 0.3 is 0 Å². The van der Waals surface area contributed by atoms with Crippen molar-refractivity contribution < 1.29 is 24.0 Å². The molecular formula is C43H72N2O5S. The van der Waals surface area contributed by atoms with Crippen LogP contribution in [0.15, 0.2) is 52.4 Å². The van der Waals surface area contributed by atoms with Crippen molar-refractivity contribution in [2.24, 2.45) is 11.8 Å². The van der Waals surface area contributed by atoms with E-state index in [9.17, 15) is 9.90 Å². The highest BCUT2D eigenvalue weighted by Crippen LogP contribution is 2.31. The molecular weight excluding hydrogens is 657 g/mol. The molecule has 2 aromatic rings. The normalized spacial score (nSPS) is 15.3. The maximum Gasteiger partial charge on any atom is 0.254 e. The number of aromatic nitrogens is 1. The number of ether oxygens (including phenoxy) is 1. The highest BCUT2D eigenvalue weighted by Gasteiger charge is 2.35. The average Bonchev–Trinajstić information content (AvgIpc) is 3.79. The minimum absolute atomic E-state index is 0.00340. The zero-order valence-corrected chi connectivity index (χ0v) is 34.6. The number of benzene rings is 1. The number of β-amino-alcohol motifs (C(OH)–C–C–N with tert-alkyl or cyclic N) is 1. The van der Waals surface area contributed by atoms with E-state index in [1.54, 1.807) is 22.7 Å². The number of rotatable bonds is 19. The smallest absolute Gasteiger partial charge is 0.254 e. The van der Waals surface area contributed by atoms with Crippen LogP contribution in [0.5, 0.6) is 5.88 Å². The van der Waals surface area contributed by atoms with Gasteiger partial charge in [0.15, 0.2) is 5.76 Å². The number of unbranched alkanes of at least 4 members (excludes halogenated alkanes) is 6. The molecule has 8 heteroatoms. The Kier molecular flexibility index (Phi) is 29.0. The van der Waals surface area contributed by atoms with E-state index in [1.165, 1.54) is 74.3 Å². The number of thioether (sulfide) groups is 1. The molecule has 0 radical (unpaired) electrons. The first kappa shape index (κ1) is 48.2. The van der Waals surface area contributed by atoms with Gasteiger partial charge in [0.25, 0.3) is 5.88 Å². The highest BCUT2D eigenvalue weighted by atomic mass is 32.2. The van der Waals surface area contributed by atoms with Crippen LogP contribution >= 0.6 is 11.8 Å². The number of nitrogens with zero attached hydrogens (tertiary/aromatic N) is 2. The topological polar surface area (TPSA) is 92.9 Å². The summed E-state index contributed by atoms with van der Waals surface area (Å²) in [6, 6.07) is 10.8. The van der Waals surface area contributed by atoms with Crippen LogP contribution in [0.2, 0.25) is 0 Å². The number of carbonyl (C=O) groups is 2. The Labute approximate surface area is 316 Å². The van der Waals surface area contributed by atoms with E-state index < -0.39 is 12.0 Å². The summed E-state index contributed by atoms with van der Waals surface area (Å²) in [7, 11) is 0. The average molecular weight is 729 g/mol. The molecule has 1 amide bonds. The molecule has 1 fully saturated rings. The third-order valence-electron chi connectivity index (χ3n) is 8.53. The molecule has 290 valence electrons. The van der Waals surface area contributed by atoms with E-state index in [1.807, 2.05) is 27.7 Å². The van der Waals surface area contributed by atoms with Gasteiger partial charge in [-0.15, -0.1) is 0 Å². The molecule has 1 N–H and O–H groups in total. The number of carbonyl (C=O) groups excluding carboxylic acids is 2. The molecule has 0 saturated carbocycles. The van der Waals surface area contributed by atoms with Crippen LogP contribution in [0.25, 0.3) is 4.91 Å². The van der Waals surface area contributed by atoms with Crippen LogP contribution in [0.1, 0.15) is 156 Å². The second-order valence-electron chi connectivity index (χ2n) is 13.2. The summed E-state index contributed by atoms with van der Waals surface area (Å²) in [5.41, 5.74) is 2.77. The molecule has 1 aliphatic rings. The fourth-order valence-electron chi connectivity index (χ4n) is 5.47. The lowest BCUT2D eigenvalue weighted by Crippen LogP contribution is -2.35. The van der Waals surface area contributed by atoms with Gasteiger partial charge < -0.3 is 24.1 Å². The Bertz CT molecular complexity index is 1210. The summed E-state index contributed by atoms with van der Waals surface area (Å²) in [6.45, 7) is 22.1. The monoisotopic (exact) mass is 729 g/mol. The van der Waals surface area contributed by atoms with Gasteiger partial charge in [-0.1, -0.05) is 149 Å². The Morgan fingerprint density at radius 2 is 1.67 bits per heavy atom. The molecule has 3 unspecified atom stereocenters. The zero-order valence-electron chi connectivity index (χ0n) is 33.8. The highest BCUT2D eigenvalue weighted by molar-refractivity contribution is 8.10. The standard InChI is InChI=1S/C21H36N2O4.C18H26S.C2H4O.C2H6/c1-4-5-6-7-8-9-10-13-26-19-14-18(27-22-19)20(16(2)3)21(25)23-12-11-17(24)15-23;1-5-8-13-19-18(7-3)17-11-9-16(10-12-17)14-15(4)6-2;1-2-3;1-2/h14,16-17,20,24H,4-13,15H2,1-3H3;7-13,15H,5-6,14H2,1-4H3;2H,1H3;1-2H3/b;13-8+,18-7+;;. The Balaban J connectivity index is 0.000000911.